The summed E-state index contributed by atoms with van der Waals surface area (Å²) in [6, 6.07) is 9.84. The lowest BCUT2D eigenvalue weighted by molar-refractivity contribution is 0.163. The van der Waals surface area contributed by atoms with Gasteiger partial charge in [0.15, 0.2) is 0 Å². The molecule has 0 amide bonds. The van der Waals surface area contributed by atoms with Crippen LogP contribution in [0.5, 0.6) is 0 Å². The highest BCUT2D eigenvalue weighted by Crippen LogP contribution is 2.27. The van der Waals surface area contributed by atoms with Crippen molar-refractivity contribution in [1.29, 1.82) is 5.41 Å². The Kier molecular flexibility index (Phi) is 6.32. The lowest BCUT2D eigenvalue weighted by atomic mass is 10.0. The third-order valence-corrected chi connectivity index (χ3v) is 5.13. The number of allylic oxidation sites excluding steroid dienone is 5. The third kappa shape index (κ3) is 4.68. The number of anilines is 1. The van der Waals surface area contributed by atoms with Crippen LogP contribution in [-0.2, 0) is 0 Å². The fourth-order valence-electron chi connectivity index (χ4n) is 3.37. The molecule has 0 spiro atoms. The zero-order valence-corrected chi connectivity index (χ0v) is 18.2. The summed E-state index contributed by atoms with van der Waals surface area (Å²) >= 11 is 6.02. The first kappa shape index (κ1) is 22.3. The summed E-state index contributed by atoms with van der Waals surface area (Å²) in [4.78, 5) is 18.0. The van der Waals surface area contributed by atoms with Gasteiger partial charge in [-0.2, -0.15) is 9.78 Å². The molecule has 0 bridgehead atoms. The van der Waals surface area contributed by atoms with E-state index in [0.29, 0.717) is 27.4 Å². The average molecular weight is 469 g/mol. The molecule has 0 saturated carbocycles. The Morgan fingerprint density at radius 1 is 1.18 bits per heavy atom. The van der Waals surface area contributed by atoms with Crippen molar-refractivity contribution < 1.29 is 8.78 Å². The Bertz CT molecular complexity index is 1380. The van der Waals surface area contributed by atoms with Crippen LogP contribution in [0.25, 0.3) is 27.9 Å². The molecule has 0 saturated heterocycles. The minimum absolute atomic E-state index is 0.210. The quantitative estimate of drug-likeness (QED) is 0.500. The summed E-state index contributed by atoms with van der Waals surface area (Å²) in [5.41, 5.74) is 2.38. The van der Waals surface area contributed by atoms with E-state index in [-0.39, 0.29) is 22.6 Å². The maximum absolute atomic E-state index is 13.6. The van der Waals surface area contributed by atoms with Gasteiger partial charge in [0.05, 0.1) is 23.5 Å². The van der Waals surface area contributed by atoms with Crippen LogP contribution >= 0.6 is 11.6 Å². The topological polar surface area (TPSA) is 95.7 Å². The van der Waals surface area contributed by atoms with Crippen LogP contribution in [0.2, 0.25) is 5.02 Å². The molecular weight excluding hydrogens is 450 g/mol. The predicted octanol–water partition coefficient (Wildman–Crippen LogP) is 4.32. The Hall–Kier alpha value is -3.85. The van der Waals surface area contributed by atoms with Crippen molar-refractivity contribution in [2.24, 2.45) is 0 Å². The number of benzene rings is 1. The van der Waals surface area contributed by atoms with E-state index in [1.807, 2.05) is 0 Å². The lowest BCUT2D eigenvalue weighted by Gasteiger charge is -2.15. The van der Waals surface area contributed by atoms with E-state index >= 15 is 0 Å². The van der Waals surface area contributed by atoms with Crippen molar-refractivity contribution in [3.63, 3.8) is 0 Å². The van der Waals surface area contributed by atoms with Gasteiger partial charge in [0.2, 0.25) is 0 Å². The first-order chi connectivity index (χ1) is 15.9. The molecule has 0 aliphatic heterocycles. The van der Waals surface area contributed by atoms with Gasteiger partial charge < -0.3 is 16.0 Å². The standard InChI is InChI=1S/C23H19ClF2N6O/c1-28-11-14-10-16(6-7-17(14)27)32-23(33)21(13-2-4-15(24)5-3-13)22-18(31-32)8-9-20(30-22)29-12-19(25)26/h2-11,19,27-28H,12H2,1H3,(H,29,30)/b14-11-,27-17?. The normalized spacial score (nSPS) is 14.8. The van der Waals surface area contributed by atoms with Gasteiger partial charge >= 0.3 is 0 Å². The molecule has 0 unspecified atom stereocenters. The van der Waals surface area contributed by atoms with Crippen LogP contribution in [0.4, 0.5) is 14.6 Å². The van der Waals surface area contributed by atoms with Crippen LogP contribution in [0.15, 0.2) is 71.2 Å². The highest BCUT2D eigenvalue weighted by atomic mass is 35.5. The Morgan fingerprint density at radius 3 is 2.64 bits per heavy atom. The summed E-state index contributed by atoms with van der Waals surface area (Å²) in [6.07, 6.45) is 3.99. The second-order valence-electron chi connectivity index (χ2n) is 7.14. The third-order valence-electron chi connectivity index (χ3n) is 4.87. The fourth-order valence-corrected chi connectivity index (χ4v) is 3.49. The number of pyridine rings is 1. The summed E-state index contributed by atoms with van der Waals surface area (Å²) in [7, 11) is 1.72. The molecule has 0 fully saturated rings. The molecule has 0 atom stereocenters. The van der Waals surface area contributed by atoms with E-state index in [2.05, 4.69) is 20.7 Å². The zero-order chi connectivity index (χ0) is 23.5. The maximum atomic E-state index is 13.6. The molecule has 0 radical (unpaired) electrons. The molecule has 168 valence electrons. The number of hydrogen-bond acceptors (Lipinski definition) is 6. The SMILES string of the molecule is CN/C=C1/C=C(n2nc3ccc(NCC(F)F)nc3c(-c3ccc(Cl)cc3)c2=O)C=CC1=N. The van der Waals surface area contributed by atoms with Gasteiger partial charge in [0, 0.05) is 23.8 Å². The first-order valence-corrected chi connectivity index (χ1v) is 10.3. The number of hydrogen-bond donors (Lipinski definition) is 3. The first-order valence-electron chi connectivity index (χ1n) is 9.96. The summed E-state index contributed by atoms with van der Waals surface area (Å²) in [5.74, 6) is 0.210. The molecule has 3 aromatic rings. The van der Waals surface area contributed by atoms with Gasteiger partial charge in [0.25, 0.3) is 12.0 Å². The van der Waals surface area contributed by atoms with Gasteiger partial charge in [0.1, 0.15) is 16.9 Å². The van der Waals surface area contributed by atoms with E-state index in [0.717, 1.165) is 0 Å². The molecule has 4 rings (SSSR count). The van der Waals surface area contributed by atoms with Crippen molar-refractivity contribution in [2.45, 2.75) is 6.43 Å². The number of nitrogens with one attached hydrogen (secondary N) is 3. The van der Waals surface area contributed by atoms with Crippen LogP contribution in [-0.4, -0.2) is 40.5 Å². The highest BCUT2D eigenvalue weighted by Gasteiger charge is 2.19. The fraction of sp³-hybridized carbons (Fsp3) is 0.130. The maximum Gasteiger partial charge on any atom is 0.281 e. The Labute approximate surface area is 192 Å². The average Bonchev–Trinajstić information content (AvgIpc) is 2.80. The molecule has 10 heteroatoms. The number of halogens is 3. The predicted molar refractivity (Wildman–Crippen MR) is 127 cm³/mol. The van der Waals surface area contributed by atoms with Crippen LogP contribution in [0.3, 0.4) is 0 Å². The zero-order valence-electron chi connectivity index (χ0n) is 17.4. The highest BCUT2D eigenvalue weighted by molar-refractivity contribution is 6.30. The number of rotatable bonds is 6. The van der Waals surface area contributed by atoms with Crippen molar-refractivity contribution >= 4 is 39.9 Å². The van der Waals surface area contributed by atoms with Gasteiger partial charge in [-0.3, -0.25) is 4.79 Å². The molecular formula is C23H19ClF2N6O. The number of nitrogens with zero attached hydrogens (tertiary/aromatic N) is 3. The molecule has 1 aliphatic rings. The van der Waals surface area contributed by atoms with E-state index in [1.165, 1.54) is 10.7 Å². The molecule has 2 aromatic heterocycles. The minimum atomic E-state index is -2.55. The van der Waals surface area contributed by atoms with Crippen molar-refractivity contribution in [1.82, 2.24) is 20.1 Å². The molecule has 33 heavy (non-hydrogen) atoms. The van der Waals surface area contributed by atoms with Crippen LogP contribution in [0, 0.1) is 5.41 Å². The largest absolute Gasteiger partial charge is 0.393 e. The smallest absolute Gasteiger partial charge is 0.281 e. The van der Waals surface area contributed by atoms with E-state index in [1.54, 1.807) is 61.8 Å². The van der Waals surface area contributed by atoms with Gasteiger partial charge in [-0.05, 0) is 48.1 Å². The second kappa shape index (κ2) is 9.33. The minimum Gasteiger partial charge on any atom is -0.393 e. The van der Waals surface area contributed by atoms with Crippen molar-refractivity contribution in [3.8, 4) is 11.1 Å². The molecule has 3 N–H and O–H groups in total. The van der Waals surface area contributed by atoms with Gasteiger partial charge in [-0.25, -0.2) is 13.8 Å². The molecule has 1 aliphatic carbocycles. The summed E-state index contributed by atoms with van der Waals surface area (Å²) in [5, 5.41) is 18.5. The van der Waals surface area contributed by atoms with E-state index < -0.39 is 18.5 Å². The molecule has 2 heterocycles. The Morgan fingerprint density at radius 2 is 1.94 bits per heavy atom. The number of aromatic nitrogens is 3. The molecule has 7 nitrogen and oxygen atoms in total. The van der Waals surface area contributed by atoms with E-state index in [9.17, 15) is 13.6 Å². The lowest BCUT2D eigenvalue weighted by Crippen LogP contribution is -2.25. The van der Waals surface area contributed by atoms with E-state index in [4.69, 9.17) is 17.0 Å². The van der Waals surface area contributed by atoms with Crippen molar-refractivity contribution in [3.05, 3.63) is 81.8 Å². The monoisotopic (exact) mass is 468 g/mol. The van der Waals surface area contributed by atoms with Gasteiger partial charge in [-0.1, -0.05) is 23.7 Å². The second-order valence-corrected chi connectivity index (χ2v) is 7.58. The van der Waals surface area contributed by atoms with Crippen LogP contribution in [0.1, 0.15) is 0 Å². The molecule has 1 aromatic carbocycles. The summed E-state index contributed by atoms with van der Waals surface area (Å²) < 4.78 is 26.5. The summed E-state index contributed by atoms with van der Waals surface area (Å²) in [6.45, 7) is -0.566. The number of fused-ring (bicyclic) bond motifs is 1. The van der Waals surface area contributed by atoms with Crippen LogP contribution < -0.4 is 16.2 Å². The van der Waals surface area contributed by atoms with Gasteiger partial charge in [-0.15, -0.1) is 0 Å². The Balaban J connectivity index is 1.95. The number of alkyl halides is 2. The van der Waals surface area contributed by atoms with Crippen molar-refractivity contribution in [2.75, 3.05) is 18.9 Å².